The van der Waals surface area contributed by atoms with E-state index >= 15 is 0 Å². The summed E-state index contributed by atoms with van der Waals surface area (Å²) in [6.07, 6.45) is 3.89. The number of hydrogen-bond acceptors (Lipinski definition) is 3. The van der Waals surface area contributed by atoms with E-state index in [1.54, 1.807) is 11.8 Å². The largest absolute Gasteiger partial charge is 0.384 e. The van der Waals surface area contributed by atoms with Crippen LogP contribution in [0.4, 0.5) is 5.69 Å². The number of hydrogen-bond donors (Lipinski definition) is 1. The SMILES string of the molecule is Clc1ccc(Sc2ccccc2)c(NCCCN2CCCC2)c1. The van der Waals surface area contributed by atoms with Gasteiger partial charge in [-0.05, 0) is 69.2 Å². The molecule has 1 saturated heterocycles. The minimum Gasteiger partial charge on any atom is -0.384 e. The summed E-state index contributed by atoms with van der Waals surface area (Å²) in [5, 5.41) is 4.35. The Balaban J connectivity index is 1.57. The van der Waals surface area contributed by atoms with Gasteiger partial charge in [0.2, 0.25) is 0 Å². The van der Waals surface area contributed by atoms with Crippen molar-refractivity contribution < 1.29 is 0 Å². The van der Waals surface area contributed by atoms with Gasteiger partial charge in [-0.25, -0.2) is 0 Å². The summed E-state index contributed by atoms with van der Waals surface area (Å²) in [5.41, 5.74) is 1.13. The fourth-order valence-corrected chi connectivity index (χ4v) is 3.97. The molecule has 4 heteroatoms. The van der Waals surface area contributed by atoms with Crippen molar-refractivity contribution in [3.05, 3.63) is 53.6 Å². The Kier molecular flexibility index (Phi) is 6.26. The molecule has 2 nitrogen and oxygen atoms in total. The Morgan fingerprint density at radius 2 is 1.83 bits per heavy atom. The molecular formula is C19H23ClN2S. The lowest BCUT2D eigenvalue weighted by atomic mass is 10.3. The van der Waals surface area contributed by atoms with Crippen molar-refractivity contribution in [3.63, 3.8) is 0 Å². The molecule has 1 fully saturated rings. The Labute approximate surface area is 148 Å². The Morgan fingerprint density at radius 1 is 1.04 bits per heavy atom. The summed E-state index contributed by atoms with van der Waals surface area (Å²) in [5.74, 6) is 0. The molecule has 2 aromatic rings. The zero-order chi connectivity index (χ0) is 15.9. The van der Waals surface area contributed by atoms with Crippen molar-refractivity contribution in [2.75, 3.05) is 31.5 Å². The van der Waals surface area contributed by atoms with Gasteiger partial charge in [-0.3, -0.25) is 0 Å². The van der Waals surface area contributed by atoms with E-state index in [1.165, 1.54) is 48.7 Å². The molecule has 122 valence electrons. The van der Waals surface area contributed by atoms with Gasteiger partial charge in [0.15, 0.2) is 0 Å². The second-order valence-electron chi connectivity index (χ2n) is 5.88. The van der Waals surface area contributed by atoms with E-state index in [0.29, 0.717) is 0 Å². The van der Waals surface area contributed by atoms with Gasteiger partial charge in [0, 0.05) is 27.0 Å². The van der Waals surface area contributed by atoms with Crippen LogP contribution >= 0.6 is 23.4 Å². The fourth-order valence-electron chi connectivity index (χ4n) is 2.88. The maximum Gasteiger partial charge on any atom is 0.0496 e. The zero-order valence-electron chi connectivity index (χ0n) is 13.3. The predicted octanol–water partition coefficient (Wildman–Crippen LogP) is 5.39. The molecule has 0 radical (unpaired) electrons. The van der Waals surface area contributed by atoms with Crippen LogP contribution in [0.15, 0.2) is 58.3 Å². The molecule has 3 rings (SSSR count). The molecule has 0 saturated carbocycles. The van der Waals surface area contributed by atoms with Gasteiger partial charge in [-0.1, -0.05) is 41.6 Å². The first-order valence-corrected chi connectivity index (χ1v) is 9.49. The van der Waals surface area contributed by atoms with Crippen molar-refractivity contribution in [1.29, 1.82) is 0 Å². The number of nitrogens with one attached hydrogen (secondary N) is 1. The first-order chi connectivity index (χ1) is 11.3. The van der Waals surface area contributed by atoms with Crippen LogP contribution in [0.2, 0.25) is 5.02 Å². The third-order valence-corrected chi connectivity index (χ3v) is 5.40. The molecule has 0 aliphatic carbocycles. The topological polar surface area (TPSA) is 15.3 Å². The van der Waals surface area contributed by atoms with Crippen LogP contribution in [0, 0.1) is 0 Å². The number of anilines is 1. The molecule has 0 bridgehead atoms. The van der Waals surface area contributed by atoms with Gasteiger partial charge in [0.05, 0.1) is 0 Å². The van der Waals surface area contributed by atoms with E-state index in [-0.39, 0.29) is 0 Å². The van der Waals surface area contributed by atoms with Crippen molar-refractivity contribution >= 4 is 29.1 Å². The molecule has 0 atom stereocenters. The molecule has 0 amide bonds. The molecule has 2 aromatic carbocycles. The maximum absolute atomic E-state index is 6.18. The van der Waals surface area contributed by atoms with Crippen molar-refractivity contribution in [1.82, 2.24) is 4.90 Å². The third-order valence-electron chi connectivity index (χ3n) is 4.08. The molecule has 0 unspecified atom stereocenters. The van der Waals surface area contributed by atoms with E-state index in [2.05, 4.69) is 40.5 Å². The van der Waals surface area contributed by atoms with Crippen molar-refractivity contribution in [3.8, 4) is 0 Å². The van der Waals surface area contributed by atoms with E-state index in [1.807, 2.05) is 18.2 Å². The summed E-state index contributed by atoms with van der Waals surface area (Å²) in [6.45, 7) is 4.71. The number of benzene rings is 2. The lowest BCUT2D eigenvalue weighted by molar-refractivity contribution is 0.337. The van der Waals surface area contributed by atoms with Crippen LogP contribution in [-0.2, 0) is 0 Å². The number of halogens is 1. The average Bonchev–Trinajstić information content (AvgIpc) is 3.08. The van der Waals surface area contributed by atoms with Gasteiger partial charge >= 0.3 is 0 Å². The second-order valence-corrected chi connectivity index (χ2v) is 7.44. The second kappa shape index (κ2) is 8.62. The molecule has 0 aromatic heterocycles. The van der Waals surface area contributed by atoms with Gasteiger partial charge in [-0.2, -0.15) is 0 Å². The van der Waals surface area contributed by atoms with Crippen LogP contribution in [0.1, 0.15) is 19.3 Å². The monoisotopic (exact) mass is 346 g/mol. The maximum atomic E-state index is 6.18. The molecule has 1 aliphatic rings. The van der Waals surface area contributed by atoms with E-state index in [9.17, 15) is 0 Å². The molecule has 1 aliphatic heterocycles. The zero-order valence-corrected chi connectivity index (χ0v) is 14.9. The molecule has 0 spiro atoms. The minimum atomic E-state index is 0.782. The summed E-state index contributed by atoms with van der Waals surface area (Å²) < 4.78 is 0. The minimum absolute atomic E-state index is 0.782. The highest BCUT2D eigenvalue weighted by Gasteiger charge is 2.10. The van der Waals surface area contributed by atoms with Gasteiger partial charge < -0.3 is 10.2 Å². The first-order valence-electron chi connectivity index (χ1n) is 8.30. The van der Waals surface area contributed by atoms with Crippen molar-refractivity contribution in [2.45, 2.75) is 29.1 Å². The molecule has 1 heterocycles. The quantitative estimate of drug-likeness (QED) is 0.677. The highest BCUT2D eigenvalue weighted by Crippen LogP contribution is 2.35. The van der Waals surface area contributed by atoms with Crippen LogP contribution < -0.4 is 5.32 Å². The third kappa shape index (κ3) is 5.17. The lowest BCUT2D eigenvalue weighted by Crippen LogP contribution is -2.22. The summed E-state index contributed by atoms with van der Waals surface area (Å²) in [4.78, 5) is 5.02. The molecule has 1 N–H and O–H groups in total. The summed E-state index contributed by atoms with van der Waals surface area (Å²) in [7, 11) is 0. The Hall–Kier alpha value is -1.16. The number of likely N-dealkylation sites (tertiary alicyclic amines) is 1. The van der Waals surface area contributed by atoms with Crippen LogP contribution in [0.5, 0.6) is 0 Å². The highest BCUT2D eigenvalue weighted by atomic mass is 35.5. The van der Waals surface area contributed by atoms with E-state index in [0.717, 1.165) is 17.3 Å². The van der Waals surface area contributed by atoms with Gasteiger partial charge in [-0.15, -0.1) is 0 Å². The smallest absolute Gasteiger partial charge is 0.0496 e. The van der Waals surface area contributed by atoms with Gasteiger partial charge in [0.25, 0.3) is 0 Å². The molecule has 23 heavy (non-hydrogen) atoms. The van der Waals surface area contributed by atoms with E-state index in [4.69, 9.17) is 11.6 Å². The highest BCUT2D eigenvalue weighted by molar-refractivity contribution is 7.99. The predicted molar refractivity (Wildman–Crippen MR) is 101 cm³/mol. The first kappa shape index (κ1) is 16.7. The Morgan fingerprint density at radius 3 is 2.61 bits per heavy atom. The van der Waals surface area contributed by atoms with Gasteiger partial charge in [0.1, 0.15) is 0 Å². The lowest BCUT2D eigenvalue weighted by Gasteiger charge is -2.16. The Bertz CT molecular complexity index is 612. The number of rotatable bonds is 7. The molecular weight excluding hydrogens is 324 g/mol. The van der Waals surface area contributed by atoms with E-state index < -0.39 is 0 Å². The van der Waals surface area contributed by atoms with Crippen LogP contribution in [-0.4, -0.2) is 31.1 Å². The summed E-state index contributed by atoms with van der Waals surface area (Å²) >= 11 is 7.95. The fraction of sp³-hybridized carbons (Fsp3) is 0.368. The standard InChI is InChI=1S/C19H23ClN2S/c20-16-9-10-19(23-17-7-2-1-3-8-17)18(15-16)21-11-6-14-22-12-4-5-13-22/h1-3,7-10,15,21H,4-6,11-14H2. The normalized spacial score (nSPS) is 15.0. The van der Waals surface area contributed by atoms with Crippen LogP contribution in [0.3, 0.4) is 0 Å². The van der Waals surface area contributed by atoms with Crippen molar-refractivity contribution in [2.24, 2.45) is 0 Å². The number of nitrogens with zero attached hydrogens (tertiary/aromatic N) is 1. The summed E-state index contributed by atoms with van der Waals surface area (Å²) in [6, 6.07) is 16.5. The van der Waals surface area contributed by atoms with Crippen LogP contribution in [0.25, 0.3) is 0 Å². The average molecular weight is 347 g/mol.